The minimum atomic E-state index is 0.632. The first-order valence-electron chi connectivity index (χ1n) is 2.98. The van der Waals surface area contributed by atoms with Crippen molar-refractivity contribution < 1.29 is 4.79 Å². The van der Waals surface area contributed by atoms with E-state index in [1.165, 1.54) is 0 Å². The molecule has 0 saturated carbocycles. The maximum atomic E-state index is 10.2. The number of carbonyl (C=O) groups excluding carboxylic acids is 1. The summed E-state index contributed by atoms with van der Waals surface area (Å²) in [5.41, 5.74) is 0.632. The predicted octanol–water partition coefficient (Wildman–Crippen LogP) is 2.07. The molecule has 1 aromatic rings. The van der Waals surface area contributed by atoms with Gasteiger partial charge in [-0.3, -0.25) is 4.79 Å². The number of benzene rings is 1. The second-order valence-corrected chi connectivity index (χ2v) is 2.74. The third-order valence-electron chi connectivity index (χ3n) is 1.18. The first-order chi connectivity index (χ1) is 5.36. The standard InChI is InChI=1S/C8H5NOS/c9-6-11-8-3-1-7(5-10)2-4-8/h1-5H. The molecule has 11 heavy (non-hydrogen) atoms. The van der Waals surface area contributed by atoms with E-state index in [2.05, 4.69) is 0 Å². The third-order valence-corrected chi connectivity index (χ3v) is 1.78. The van der Waals surface area contributed by atoms with Gasteiger partial charge >= 0.3 is 0 Å². The van der Waals surface area contributed by atoms with Gasteiger partial charge in [0.25, 0.3) is 0 Å². The SMILES string of the molecule is N#CSc1ccc(C=O)cc1. The van der Waals surface area contributed by atoms with E-state index in [1.54, 1.807) is 24.3 Å². The van der Waals surface area contributed by atoms with Crippen LogP contribution in [-0.4, -0.2) is 6.29 Å². The minimum Gasteiger partial charge on any atom is -0.298 e. The van der Waals surface area contributed by atoms with Gasteiger partial charge in [-0.2, -0.15) is 5.26 Å². The molecule has 54 valence electrons. The summed E-state index contributed by atoms with van der Waals surface area (Å²) in [5, 5.41) is 10.2. The summed E-state index contributed by atoms with van der Waals surface area (Å²) in [5.74, 6) is 0. The van der Waals surface area contributed by atoms with Crippen LogP contribution in [0.1, 0.15) is 10.4 Å². The summed E-state index contributed by atoms with van der Waals surface area (Å²) in [6, 6.07) is 6.87. The summed E-state index contributed by atoms with van der Waals surface area (Å²) in [4.78, 5) is 11.1. The van der Waals surface area contributed by atoms with Gasteiger partial charge in [0.05, 0.1) is 0 Å². The van der Waals surface area contributed by atoms with E-state index < -0.39 is 0 Å². The van der Waals surface area contributed by atoms with Crippen LogP contribution >= 0.6 is 11.8 Å². The molecular weight excluding hydrogens is 158 g/mol. The van der Waals surface area contributed by atoms with Gasteiger partial charge in [0.15, 0.2) is 0 Å². The lowest BCUT2D eigenvalue weighted by Gasteiger charge is -1.91. The van der Waals surface area contributed by atoms with Crippen molar-refractivity contribution in [2.75, 3.05) is 0 Å². The van der Waals surface area contributed by atoms with Gasteiger partial charge in [-0.1, -0.05) is 12.1 Å². The molecule has 0 heterocycles. The summed E-state index contributed by atoms with van der Waals surface area (Å²) in [6.07, 6.45) is 0.779. The van der Waals surface area contributed by atoms with Crippen LogP contribution in [0.5, 0.6) is 0 Å². The molecule has 0 radical (unpaired) electrons. The van der Waals surface area contributed by atoms with Gasteiger partial charge in [-0.15, -0.1) is 0 Å². The van der Waals surface area contributed by atoms with E-state index in [-0.39, 0.29) is 0 Å². The lowest BCUT2D eigenvalue weighted by atomic mass is 10.2. The van der Waals surface area contributed by atoms with E-state index in [4.69, 9.17) is 5.26 Å². The number of hydrogen-bond donors (Lipinski definition) is 0. The second kappa shape index (κ2) is 3.79. The van der Waals surface area contributed by atoms with Gasteiger partial charge in [0.2, 0.25) is 0 Å². The number of thiocyanates is 1. The number of thioether (sulfide) groups is 1. The Balaban J connectivity index is 2.84. The molecule has 0 aliphatic carbocycles. The molecule has 0 unspecified atom stereocenters. The summed E-state index contributed by atoms with van der Waals surface area (Å²) < 4.78 is 0. The van der Waals surface area contributed by atoms with E-state index in [0.717, 1.165) is 22.9 Å². The van der Waals surface area contributed by atoms with Gasteiger partial charge in [-0.05, 0) is 23.9 Å². The molecule has 0 fully saturated rings. The Morgan fingerprint density at radius 3 is 2.45 bits per heavy atom. The first kappa shape index (κ1) is 7.83. The van der Waals surface area contributed by atoms with Crippen molar-refractivity contribution in [2.45, 2.75) is 4.90 Å². The zero-order chi connectivity index (χ0) is 8.10. The summed E-state index contributed by atoms with van der Waals surface area (Å²) in [7, 11) is 0. The highest BCUT2D eigenvalue weighted by Crippen LogP contribution is 2.15. The normalized spacial score (nSPS) is 8.64. The zero-order valence-corrected chi connectivity index (χ0v) is 6.47. The van der Waals surface area contributed by atoms with Crippen LogP contribution in [0.25, 0.3) is 0 Å². The molecule has 1 rings (SSSR count). The quantitative estimate of drug-likeness (QED) is 0.380. The fourth-order valence-corrected chi connectivity index (χ4v) is 1.04. The summed E-state index contributed by atoms with van der Waals surface area (Å²) in [6.45, 7) is 0. The topological polar surface area (TPSA) is 40.9 Å². The number of hydrogen-bond acceptors (Lipinski definition) is 3. The van der Waals surface area contributed by atoms with Gasteiger partial charge in [0.1, 0.15) is 11.7 Å². The number of nitriles is 1. The highest BCUT2D eigenvalue weighted by atomic mass is 32.2. The third kappa shape index (κ3) is 2.10. The minimum absolute atomic E-state index is 0.632. The monoisotopic (exact) mass is 163 g/mol. The molecule has 0 aliphatic rings. The average molecular weight is 163 g/mol. The first-order valence-corrected chi connectivity index (χ1v) is 3.79. The van der Waals surface area contributed by atoms with Crippen molar-refractivity contribution >= 4 is 18.0 Å². The van der Waals surface area contributed by atoms with E-state index in [9.17, 15) is 4.79 Å². The van der Waals surface area contributed by atoms with Crippen LogP contribution in [0.15, 0.2) is 29.2 Å². The number of carbonyl (C=O) groups is 1. The van der Waals surface area contributed by atoms with Crippen LogP contribution in [0.2, 0.25) is 0 Å². The Kier molecular flexibility index (Phi) is 2.70. The maximum absolute atomic E-state index is 10.2. The Labute approximate surface area is 68.8 Å². The average Bonchev–Trinajstić information content (AvgIpc) is 2.07. The van der Waals surface area contributed by atoms with Gasteiger partial charge < -0.3 is 0 Å². The molecule has 3 heteroatoms. The number of nitrogens with zero attached hydrogens (tertiary/aromatic N) is 1. The van der Waals surface area contributed by atoms with E-state index >= 15 is 0 Å². The molecule has 0 saturated heterocycles. The van der Waals surface area contributed by atoms with Crippen molar-refractivity contribution in [1.82, 2.24) is 0 Å². The van der Waals surface area contributed by atoms with Crippen LogP contribution in [0.4, 0.5) is 0 Å². The Bertz CT molecular complexity index is 286. The van der Waals surface area contributed by atoms with Crippen molar-refractivity contribution in [3.05, 3.63) is 29.8 Å². The van der Waals surface area contributed by atoms with E-state index in [1.807, 2.05) is 5.40 Å². The largest absolute Gasteiger partial charge is 0.298 e. The van der Waals surface area contributed by atoms with Crippen LogP contribution in [-0.2, 0) is 0 Å². The van der Waals surface area contributed by atoms with Crippen molar-refractivity contribution in [3.8, 4) is 5.40 Å². The Morgan fingerprint density at radius 1 is 1.36 bits per heavy atom. The molecule has 0 aliphatic heterocycles. The van der Waals surface area contributed by atoms with Gasteiger partial charge in [0, 0.05) is 10.5 Å². The molecule has 1 aromatic carbocycles. The van der Waals surface area contributed by atoms with Crippen molar-refractivity contribution in [3.63, 3.8) is 0 Å². The second-order valence-electron chi connectivity index (χ2n) is 1.88. The van der Waals surface area contributed by atoms with Crippen LogP contribution < -0.4 is 0 Å². The molecule has 0 bridgehead atoms. The van der Waals surface area contributed by atoms with Crippen LogP contribution in [0, 0.1) is 10.7 Å². The highest BCUT2D eigenvalue weighted by Gasteiger charge is 1.91. The smallest absolute Gasteiger partial charge is 0.150 e. The number of aldehydes is 1. The van der Waals surface area contributed by atoms with Crippen molar-refractivity contribution in [1.29, 1.82) is 5.26 Å². The van der Waals surface area contributed by atoms with Crippen molar-refractivity contribution in [2.24, 2.45) is 0 Å². The molecule has 2 nitrogen and oxygen atoms in total. The molecule has 0 aromatic heterocycles. The van der Waals surface area contributed by atoms with Crippen LogP contribution in [0.3, 0.4) is 0 Å². The Hall–Kier alpha value is -1.27. The maximum Gasteiger partial charge on any atom is 0.150 e. The summed E-state index contributed by atoms with van der Waals surface area (Å²) >= 11 is 1.08. The lowest BCUT2D eigenvalue weighted by Crippen LogP contribution is -1.76. The fourth-order valence-electron chi connectivity index (χ4n) is 0.667. The Morgan fingerprint density at radius 2 is 2.00 bits per heavy atom. The highest BCUT2D eigenvalue weighted by molar-refractivity contribution is 8.03. The van der Waals surface area contributed by atoms with E-state index in [0.29, 0.717) is 5.56 Å². The molecule has 0 N–H and O–H groups in total. The lowest BCUT2D eigenvalue weighted by molar-refractivity contribution is 0.112. The molecule has 0 amide bonds. The molecule has 0 spiro atoms. The predicted molar refractivity (Wildman–Crippen MR) is 43.3 cm³/mol. The molecule has 0 atom stereocenters. The molecular formula is C8H5NOS. The fraction of sp³-hybridized carbons (Fsp3) is 0. The zero-order valence-electron chi connectivity index (χ0n) is 5.65. The number of rotatable bonds is 2. The van der Waals surface area contributed by atoms with Gasteiger partial charge in [-0.25, -0.2) is 0 Å².